The van der Waals surface area contributed by atoms with E-state index < -0.39 is 23.5 Å². The van der Waals surface area contributed by atoms with Crippen molar-refractivity contribution < 1.29 is 62.5 Å². The van der Waals surface area contributed by atoms with Crippen molar-refractivity contribution in [2.45, 2.75) is 6.42 Å². The highest BCUT2D eigenvalue weighted by Crippen LogP contribution is 2.26. The van der Waals surface area contributed by atoms with Crippen molar-refractivity contribution in [1.29, 1.82) is 0 Å². The SMILES string of the molecule is NC(=O)Cc1ccccc1.O=P(O)(O)O.O=P(O)(O)O.O=P(O)(O)O. The number of benzene rings is 1. The molecule has 1 aromatic rings. The van der Waals surface area contributed by atoms with Crippen LogP contribution in [0, 0.1) is 0 Å². The van der Waals surface area contributed by atoms with E-state index in [1.165, 1.54) is 0 Å². The highest BCUT2D eigenvalue weighted by molar-refractivity contribution is 7.45. The number of amides is 1. The molecule has 0 atom stereocenters. The maximum atomic E-state index is 10.4. The van der Waals surface area contributed by atoms with Crippen molar-refractivity contribution >= 4 is 29.4 Å². The van der Waals surface area contributed by atoms with Gasteiger partial charge in [-0.15, -0.1) is 0 Å². The van der Waals surface area contributed by atoms with Crippen LogP contribution in [-0.2, 0) is 24.9 Å². The van der Waals surface area contributed by atoms with Crippen LogP contribution in [0.15, 0.2) is 30.3 Å². The number of phosphoric acid groups is 3. The summed E-state index contributed by atoms with van der Waals surface area (Å²) in [4.78, 5) is 75.1. The van der Waals surface area contributed by atoms with Gasteiger partial charge in [-0.3, -0.25) is 4.79 Å². The van der Waals surface area contributed by atoms with Crippen LogP contribution in [0.5, 0.6) is 0 Å². The Labute approximate surface area is 140 Å². The highest BCUT2D eigenvalue weighted by Gasteiger charge is 2.01. The average molecular weight is 429 g/mol. The second-order valence-electron chi connectivity index (χ2n) is 3.67. The molecule has 17 heteroatoms. The molecule has 0 heterocycles. The minimum absolute atomic E-state index is 0.286. The predicted molar refractivity (Wildman–Crippen MR) is 82.1 cm³/mol. The van der Waals surface area contributed by atoms with E-state index in [1.807, 2.05) is 30.3 Å². The fraction of sp³-hybridized carbons (Fsp3) is 0.125. The number of nitrogens with two attached hydrogens (primary N) is 1. The molecule has 0 radical (unpaired) electrons. The quantitative estimate of drug-likeness (QED) is 0.226. The molecule has 0 aliphatic carbocycles. The van der Waals surface area contributed by atoms with Crippen LogP contribution in [0.2, 0.25) is 0 Å². The maximum absolute atomic E-state index is 10.4. The van der Waals surface area contributed by atoms with Crippen molar-refractivity contribution in [3.8, 4) is 0 Å². The zero-order valence-electron chi connectivity index (χ0n) is 12.2. The molecule has 0 aliphatic rings. The van der Waals surface area contributed by atoms with E-state index >= 15 is 0 Å². The van der Waals surface area contributed by atoms with Crippen LogP contribution in [0.4, 0.5) is 0 Å². The lowest BCUT2D eigenvalue weighted by atomic mass is 10.1. The van der Waals surface area contributed by atoms with Gasteiger partial charge in [-0.2, -0.15) is 0 Å². The third-order valence-corrected chi connectivity index (χ3v) is 1.22. The van der Waals surface area contributed by atoms with Gasteiger partial charge < -0.3 is 49.8 Å². The predicted octanol–water partition coefficient (Wildman–Crippen LogP) is -2.07. The first-order chi connectivity index (χ1) is 10.8. The van der Waals surface area contributed by atoms with Gasteiger partial charge in [0.05, 0.1) is 6.42 Å². The largest absolute Gasteiger partial charge is 0.466 e. The zero-order chi connectivity index (χ0) is 20.9. The number of primary amides is 1. The van der Waals surface area contributed by atoms with Gasteiger partial charge in [0, 0.05) is 0 Å². The Morgan fingerprint density at radius 3 is 1.16 bits per heavy atom. The van der Waals surface area contributed by atoms with Gasteiger partial charge in [0.25, 0.3) is 0 Å². The summed E-state index contributed by atoms with van der Waals surface area (Å²) in [5.41, 5.74) is 5.95. The molecule has 0 fully saturated rings. The van der Waals surface area contributed by atoms with Crippen LogP contribution < -0.4 is 5.73 Å². The number of carbonyl (C=O) groups is 1. The van der Waals surface area contributed by atoms with Gasteiger partial charge in [-0.1, -0.05) is 30.3 Å². The van der Waals surface area contributed by atoms with E-state index in [9.17, 15) is 4.79 Å². The third-order valence-electron chi connectivity index (χ3n) is 1.22. The van der Waals surface area contributed by atoms with Gasteiger partial charge in [0.15, 0.2) is 0 Å². The fourth-order valence-corrected chi connectivity index (χ4v) is 0.797. The number of hydrogen-bond donors (Lipinski definition) is 10. The highest BCUT2D eigenvalue weighted by atomic mass is 31.2. The van der Waals surface area contributed by atoms with E-state index in [-0.39, 0.29) is 5.91 Å². The number of rotatable bonds is 2. The molecular weight excluding hydrogens is 411 g/mol. The summed E-state index contributed by atoms with van der Waals surface area (Å²) in [6, 6.07) is 9.44. The summed E-state index contributed by atoms with van der Waals surface area (Å²) >= 11 is 0. The normalized spacial score (nSPS) is 10.8. The first kappa shape index (κ1) is 28.8. The van der Waals surface area contributed by atoms with Crippen molar-refractivity contribution in [1.82, 2.24) is 0 Å². The van der Waals surface area contributed by atoms with Crippen LogP contribution in [0.25, 0.3) is 0 Å². The Morgan fingerprint density at radius 1 is 0.720 bits per heavy atom. The standard InChI is InChI=1S/C8H9NO.3H3O4P/c9-8(10)6-7-4-2-1-3-5-7;3*1-5(2,3)4/h1-5H,6H2,(H2,9,10);3*(H3,1,2,3,4). The number of carbonyl (C=O) groups excluding carboxylic acids is 1. The molecule has 1 amide bonds. The second kappa shape index (κ2) is 13.3. The Morgan fingerprint density at radius 2 is 0.960 bits per heavy atom. The van der Waals surface area contributed by atoms with Crippen molar-refractivity contribution in [2.75, 3.05) is 0 Å². The monoisotopic (exact) mass is 429 g/mol. The molecular formula is C8H18NO13P3. The van der Waals surface area contributed by atoms with E-state index in [4.69, 9.17) is 63.5 Å². The molecule has 1 aromatic carbocycles. The molecule has 0 saturated carbocycles. The lowest BCUT2D eigenvalue weighted by Gasteiger charge is -1.93. The molecule has 0 aromatic heterocycles. The third kappa shape index (κ3) is 83.8. The van der Waals surface area contributed by atoms with Gasteiger partial charge in [-0.05, 0) is 5.56 Å². The van der Waals surface area contributed by atoms with E-state index in [0.29, 0.717) is 6.42 Å². The summed E-state index contributed by atoms with van der Waals surface area (Å²) in [6.07, 6.45) is 0.334. The summed E-state index contributed by atoms with van der Waals surface area (Å²) in [6.45, 7) is 0. The molecule has 1 rings (SSSR count). The van der Waals surface area contributed by atoms with Crippen LogP contribution in [-0.4, -0.2) is 49.9 Å². The molecule has 0 spiro atoms. The summed E-state index contributed by atoms with van der Waals surface area (Å²) in [5, 5.41) is 0. The summed E-state index contributed by atoms with van der Waals surface area (Å²) in [5.74, 6) is -0.286. The van der Waals surface area contributed by atoms with E-state index in [1.54, 1.807) is 0 Å². The van der Waals surface area contributed by atoms with Crippen LogP contribution in [0.1, 0.15) is 5.56 Å². The van der Waals surface area contributed by atoms with Crippen molar-refractivity contribution in [3.05, 3.63) is 35.9 Å². The molecule has 0 bridgehead atoms. The molecule has 0 unspecified atom stereocenters. The maximum Gasteiger partial charge on any atom is 0.466 e. The molecule has 0 saturated heterocycles. The van der Waals surface area contributed by atoms with Gasteiger partial charge in [-0.25, -0.2) is 13.7 Å². The lowest BCUT2D eigenvalue weighted by molar-refractivity contribution is -0.117. The Kier molecular flexibility index (Phi) is 15.3. The van der Waals surface area contributed by atoms with Crippen LogP contribution >= 0.6 is 23.5 Å². The average Bonchev–Trinajstić information content (AvgIpc) is 2.21. The lowest BCUT2D eigenvalue weighted by Crippen LogP contribution is -2.13. The molecule has 148 valence electrons. The molecule has 14 nitrogen and oxygen atoms in total. The molecule has 11 N–H and O–H groups in total. The minimum atomic E-state index is -4.64. The molecule has 25 heavy (non-hydrogen) atoms. The van der Waals surface area contributed by atoms with Crippen molar-refractivity contribution in [2.24, 2.45) is 5.73 Å². The summed E-state index contributed by atoms with van der Waals surface area (Å²) < 4.78 is 26.6. The summed E-state index contributed by atoms with van der Waals surface area (Å²) in [7, 11) is -13.9. The Balaban J connectivity index is -0.000000279. The minimum Gasteiger partial charge on any atom is -0.369 e. The van der Waals surface area contributed by atoms with E-state index in [2.05, 4.69) is 0 Å². The number of hydrogen-bond acceptors (Lipinski definition) is 4. The van der Waals surface area contributed by atoms with E-state index in [0.717, 1.165) is 5.56 Å². The van der Waals surface area contributed by atoms with Gasteiger partial charge >= 0.3 is 23.5 Å². The van der Waals surface area contributed by atoms with Crippen LogP contribution in [0.3, 0.4) is 0 Å². The second-order valence-corrected chi connectivity index (χ2v) is 6.75. The first-order valence-corrected chi connectivity index (χ1v) is 10.2. The fourth-order valence-electron chi connectivity index (χ4n) is 0.797. The van der Waals surface area contributed by atoms with Crippen molar-refractivity contribution in [3.63, 3.8) is 0 Å². The smallest absolute Gasteiger partial charge is 0.369 e. The zero-order valence-corrected chi connectivity index (χ0v) is 14.9. The van der Waals surface area contributed by atoms with Gasteiger partial charge in [0.1, 0.15) is 0 Å². The topological polar surface area (TPSA) is 276 Å². The Hall–Kier alpha value is -0.980. The molecule has 0 aliphatic heterocycles. The Bertz CT molecular complexity index is 545. The first-order valence-electron chi connectivity index (χ1n) is 5.46. The van der Waals surface area contributed by atoms with Gasteiger partial charge in [0.2, 0.25) is 5.91 Å².